The fourth-order valence-corrected chi connectivity index (χ4v) is 1.78. The molecule has 3 nitrogen and oxygen atoms in total. The van der Waals surface area contributed by atoms with Crippen molar-refractivity contribution in [2.75, 3.05) is 33.4 Å². The minimum Gasteiger partial charge on any atom is -0.380 e. The van der Waals surface area contributed by atoms with E-state index in [1.54, 1.807) is 0 Å². The van der Waals surface area contributed by atoms with E-state index < -0.39 is 0 Å². The lowest BCUT2D eigenvalue weighted by Gasteiger charge is -2.15. The molecule has 0 atom stereocenters. The molecule has 88 valence electrons. The zero-order valence-electron chi connectivity index (χ0n) is 9.87. The predicted octanol–water partition coefficient (Wildman–Crippen LogP) is 1.24. The smallest absolute Gasteiger partial charge is 0.0593 e. The fraction of sp³-hybridized carbons (Fsp3) is 1.00. The quantitative estimate of drug-likeness (QED) is 0.582. The first kappa shape index (κ1) is 11.4. The van der Waals surface area contributed by atoms with Gasteiger partial charge in [-0.15, -0.1) is 0 Å². The zero-order valence-corrected chi connectivity index (χ0v) is 9.87. The molecule has 0 aromatic carbocycles. The SMILES string of the molecule is CN(CCOCCCNC1CC1)C1CC1. The van der Waals surface area contributed by atoms with E-state index in [-0.39, 0.29) is 0 Å². The second kappa shape index (κ2) is 5.83. The Labute approximate surface area is 93.2 Å². The van der Waals surface area contributed by atoms with Crippen LogP contribution in [0.2, 0.25) is 0 Å². The highest BCUT2D eigenvalue weighted by atomic mass is 16.5. The van der Waals surface area contributed by atoms with Gasteiger partial charge in [0.05, 0.1) is 6.61 Å². The summed E-state index contributed by atoms with van der Waals surface area (Å²) < 4.78 is 5.60. The molecule has 2 fully saturated rings. The van der Waals surface area contributed by atoms with Gasteiger partial charge in [-0.2, -0.15) is 0 Å². The van der Waals surface area contributed by atoms with Crippen LogP contribution < -0.4 is 5.32 Å². The topological polar surface area (TPSA) is 24.5 Å². The third-order valence-corrected chi connectivity index (χ3v) is 3.23. The van der Waals surface area contributed by atoms with Crippen LogP contribution in [-0.2, 0) is 4.74 Å². The molecule has 0 amide bonds. The summed E-state index contributed by atoms with van der Waals surface area (Å²) in [5.41, 5.74) is 0. The van der Waals surface area contributed by atoms with Crippen molar-refractivity contribution < 1.29 is 4.74 Å². The molecular formula is C12H24N2O. The summed E-state index contributed by atoms with van der Waals surface area (Å²) in [5, 5.41) is 3.49. The summed E-state index contributed by atoms with van der Waals surface area (Å²) in [6.45, 7) is 4.04. The Morgan fingerprint density at radius 2 is 2.00 bits per heavy atom. The van der Waals surface area contributed by atoms with Gasteiger partial charge in [-0.05, 0) is 45.7 Å². The van der Waals surface area contributed by atoms with Crippen molar-refractivity contribution >= 4 is 0 Å². The number of nitrogens with one attached hydrogen (secondary N) is 1. The molecule has 0 radical (unpaired) electrons. The molecule has 0 aromatic rings. The van der Waals surface area contributed by atoms with Crippen LogP contribution in [-0.4, -0.2) is 50.3 Å². The van der Waals surface area contributed by atoms with Gasteiger partial charge >= 0.3 is 0 Å². The van der Waals surface area contributed by atoms with E-state index in [9.17, 15) is 0 Å². The molecule has 15 heavy (non-hydrogen) atoms. The van der Waals surface area contributed by atoms with Crippen molar-refractivity contribution in [3.63, 3.8) is 0 Å². The number of likely N-dealkylation sites (N-methyl/N-ethyl adjacent to an activating group) is 1. The monoisotopic (exact) mass is 212 g/mol. The highest BCUT2D eigenvalue weighted by Gasteiger charge is 2.25. The zero-order chi connectivity index (χ0) is 10.5. The number of nitrogens with zero attached hydrogens (tertiary/aromatic N) is 1. The first-order chi connectivity index (χ1) is 7.36. The second-order valence-electron chi connectivity index (χ2n) is 4.91. The molecule has 0 saturated heterocycles. The third-order valence-electron chi connectivity index (χ3n) is 3.23. The first-order valence-corrected chi connectivity index (χ1v) is 6.37. The van der Waals surface area contributed by atoms with Gasteiger partial charge < -0.3 is 15.0 Å². The number of hydrogen-bond acceptors (Lipinski definition) is 3. The van der Waals surface area contributed by atoms with E-state index in [1.807, 2.05) is 0 Å². The Kier molecular flexibility index (Phi) is 4.42. The fourth-order valence-electron chi connectivity index (χ4n) is 1.78. The van der Waals surface area contributed by atoms with Gasteiger partial charge in [0.1, 0.15) is 0 Å². The molecule has 2 aliphatic carbocycles. The standard InChI is InChI=1S/C12H24N2O/c1-14(12-5-6-12)8-10-15-9-2-7-13-11-3-4-11/h11-13H,2-10H2,1H3. The van der Waals surface area contributed by atoms with Gasteiger partial charge in [-0.1, -0.05) is 0 Å². The molecule has 2 aliphatic rings. The lowest BCUT2D eigenvalue weighted by Crippen LogP contribution is -2.25. The summed E-state index contributed by atoms with van der Waals surface area (Å²) >= 11 is 0. The number of ether oxygens (including phenoxy) is 1. The largest absolute Gasteiger partial charge is 0.380 e. The molecule has 0 aromatic heterocycles. The second-order valence-corrected chi connectivity index (χ2v) is 4.91. The molecule has 2 rings (SSSR count). The van der Waals surface area contributed by atoms with Crippen molar-refractivity contribution in [2.24, 2.45) is 0 Å². The average molecular weight is 212 g/mol. The lowest BCUT2D eigenvalue weighted by molar-refractivity contribution is 0.107. The van der Waals surface area contributed by atoms with Crippen molar-refractivity contribution in [1.29, 1.82) is 0 Å². The van der Waals surface area contributed by atoms with Crippen LogP contribution in [0.5, 0.6) is 0 Å². The molecule has 0 bridgehead atoms. The Morgan fingerprint density at radius 3 is 2.67 bits per heavy atom. The van der Waals surface area contributed by atoms with Crippen molar-refractivity contribution in [3.05, 3.63) is 0 Å². The number of rotatable bonds is 9. The predicted molar refractivity (Wildman–Crippen MR) is 62.1 cm³/mol. The van der Waals surface area contributed by atoms with Gasteiger partial charge in [0, 0.05) is 25.2 Å². The minimum absolute atomic E-state index is 0.839. The minimum atomic E-state index is 0.839. The van der Waals surface area contributed by atoms with Gasteiger partial charge in [-0.3, -0.25) is 0 Å². The van der Waals surface area contributed by atoms with E-state index in [4.69, 9.17) is 4.74 Å². The Balaban J connectivity index is 1.31. The summed E-state index contributed by atoms with van der Waals surface area (Å²) in [5.74, 6) is 0. The normalized spacial score (nSPS) is 21.2. The van der Waals surface area contributed by atoms with Crippen LogP contribution in [0.3, 0.4) is 0 Å². The van der Waals surface area contributed by atoms with Crippen molar-refractivity contribution in [1.82, 2.24) is 10.2 Å². The summed E-state index contributed by atoms with van der Waals surface area (Å²) in [4.78, 5) is 2.42. The van der Waals surface area contributed by atoms with Gasteiger partial charge in [0.25, 0.3) is 0 Å². The third kappa shape index (κ3) is 4.96. The van der Waals surface area contributed by atoms with Gasteiger partial charge in [0.15, 0.2) is 0 Å². The van der Waals surface area contributed by atoms with E-state index in [0.717, 1.165) is 44.8 Å². The van der Waals surface area contributed by atoms with Crippen molar-refractivity contribution in [2.45, 2.75) is 44.2 Å². The van der Waals surface area contributed by atoms with Gasteiger partial charge in [0.2, 0.25) is 0 Å². The molecule has 0 unspecified atom stereocenters. The van der Waals surface area contributed by atoms with E-state index in [1.165, 1.54) is 25.7 Å². The molecule has 2 saturated carbocycles. The lowest BCUT2D eigenvalue weighted by atomic mass is 10.4. The van der Waals surface area contributed by atoms with Crippen LogP contribution in [0, 0.1) is 0 Å². The van der Waals surface area contributed by atoms with Gasteiger partial charge in [-0.25, -0.2) is 0 Å². The molecule has 0 heterocycles. The Bertz CT molecular complexity index is 178. The molecule has 0 spiro atoms. The van der Waals surface area contributed by atoms with Crippen LogP contribution in [0.25, 0.3) is 0 Å². The average Bonchev–Trinajstić information content (AvgIpc) is 3.07. The van der Waals surface area contributed by atoms with Crippen LogP contribution in [0.15, 0.2) is 0 Å². The highest BCUT2D eigenvalue weighted by molar-refractivity contribution is 4.82. The van der Waals surface area contributed by atoms with E-state index >= 15 is 0 Å². The van der Waals surface area contributed by atoms with Crippen LogP contribution >= 0.6 is 0 Å². The maximum Gasteiger partial charge on any atom is 0.0593 e. The Hall–Kier alpha value is -0.120. The summed E-state index contributed by atoms with van der Waals surface area (Å²) in [6, 6.07) is 1.70. The first-order valence-electron chi connectivity index (χ1n) is 6.37. The van der Waals surface area contributed by atoms with Crippen LogP contribution in [0.4, 0.5) is 0 Å². The molecule has 1 N–H and O–H groups in total. The summed E-state index contributed by atoms with van der Waals surface area (Å²) in [6.07, 6.45) is 6.70. The molecule has 3 heteroatoms. The van der Waals surface area contributed by atoms with E-state index in [0.29, 0.717) is 0 Å². The van der Waals surface area contributed by atoms with E-state index in [2.05, 4.69) is 17.3 Å². The van der Waals surface area contributed by atoms with Crippen molar-refractivity contribution in [3.8, 4) is 0 Å². The van der Waals surface area contributed by atoms with Crippen LogP contribution in [0.1, 0.15) is 32.1 Å². The maximum atomic E-state index is 5.60. The molecular weight excluding hydrogens is 188 g/mol. The number of hydrogen-bond donors (Lipinski definition) is 1. The summed E-state index contributed by atoms with van der Waals surface area (Å²) in [7, 11) is 2.20. The molecule has 0 aliphatic heterocycles. The Morgan fingerprint density at radius 1 is 1.20 bits per heavy atom. The highest BCUT2D eigenvalue weighted by Crippen LogP contribution is 2.24. The maximum absolute atomic E-state index is 5.60.